The van der Waals surface area contributed by atoms with Crippen LogP contribution in [0.15, 0.2) is 6.07 Å². The first kappa shape index (κ1) is 10.9. The summed E-state index contributed by atoms with van der Waals surface area (Å²) in [5.74, 6) is 1.14. The van der Waals surface area contributed by atoms with Gasteiger partial charge in [0, 0.05) is 5.69 Å². The van der Waals surface area contributed by atoms with E-state index in [1.54, 1.807) is 0 Å². The molecule has 2 rings (SSSR count). The molecule has 0 bridgehead atoms. The number of aryl methyl sites for hydroxylation is 1. The Morgan fingerprint density at radius 3 is 3.12 bits per heavy atom. The Kier molecular flexibility index (Phi) is 3.09. The fourth-order valence-electron chi connectivity index (χ4n) is 2.50. The maximum Gasteiger partial charge on any atom is 0.141 e. The molecular formula is C13H17N3. The molecule has 3 heteroatoms. The lowest BCUT2D eigenvalue weighted by Gasteiger charge is -2.23. The highest BCUT2D eigenvalue weighted by Crippen LogP contribution is 2.29. The van der Waals surface area contributed by atoms with Crippen LogP contribution < -0.4 is 5.73 Å². The Hall–Kier alpha value is -1.56. The van der Waals surface area contributed by atoms with Gasteiger partial charge in [-0.05, 0) is 36.8 Å². The van der Waals surface area contributed by atoms with Crippen molar-refractivity contribution in [3.8, 4) is 6.07 Å². The van der Waals surface area contributed by atoms with Crippen LogP contribution in [0.5, 0.6) is 0 Å². The van der Waals surface area contributed by atoms with Crippen molar-refractivity contribution in [2.24, 2.45) is 5.92 Å². The van der Waals surface area contributed by atoms with Gasteiger partial charge in [-0.1, -0.05) is 19.8 Å². The lowest BCUT2D eigenvalue weighted by Crippen LogP contribution is -2.16. The van der Waals surface area contributed by atoms with Crippen molar-refractivity contribution in [1.82, 2.24) is 4.98 Å². The predicted molar refractivity (Wildman–Crippen MR) is 63.8 cm³/mol. The van der Waals surface area contributed by atoms with Gasteiger partial charge in [0.25, 0.3) is 0 Å². The molecule has 1 aliphatic carbocycles. The highest BCUT2D eigenvalue weighted by atomic mass is 14.8. The van der Waals surface area contributed by atoms with Crippen LogP contribution in [0.2, 0.25) is 0 Å². The van der Waals surface area contributed by atoms with Gasteiger partial charge in [0.15, 0.2) is 0 Å². The largest absolute Gasteiger partial charge is 0.383 e. The maximum absolute atomic E-state index is 8.92. The SMILES string of the molecule is CCCC1CCc2nc(N)c(C#N)cc2C1. The van der Waals surface area contributed by atoms with E-state index >= 15 is 0 Å². The van der Waals surface area contributed by atoms with Crippen LogP contribution in [0.3, 0.4) is 0 Å². The first-order valence-corrected chi connectivity index (χ1v) is 5.93. The molecule has 1 atom stereocenters. The van der Waals surface area contributed by atoms with Crippen LogP contribution in [0, 0.1) is 17.2 Å². The van der Waals surface area contributed by atoms with E-state index in [0.29, 0.717) is 11.4 Å². The molecule has 0 saturated carbocycles. The van der Waals surface area contributed by atoms with Gasteiger partial charge in [0.1, 0.15) is 11.9 Å². The molecule has 16 heavy (non-hydrogen) atoms. The number of pyridine rings is 1. The molecule has 1 unspecified atom stereocenters. The van der Waals surface area contributed by atoms with E-state index in [4.69, 9.17) is 11.0 Å². The summed E-state index contributed by atoms with van der Waals surface area (Å²) in [6.45, 7) is 2.22. The fourth-order valence-corrected chi connectivity index (χ4v) is 2.50. The Balaban J connectivity index is 2.28. The molecule has 0 radical (unpaired) electrons. The normalized spacial score (nSPS) is 18.9. The average Bonchev–Trinajstić information content (AvgIpc) is 2.29. The Labute approximate surface area is 96.3 Å². The van der Waals surface area contributed by atoms with E-state index in [9.17, 15) is 0 Å². The van der Waals surface area contributed by atoms with Crippen molar-refractivity contribution in [2.45, 2.75) is 39.0 Å². The Bertz CT molecular complexity index is 432. The van der Waals surface area contributed by atoms with Crippen LogP contribution in [0.4, 0.5) is 5.82 Å². The van der Waals surface area contributed by atoms with Gasteiger partial charge in [-0.3, -0.25) is 0 Å². The number of nitrogens with two attached hydrogens (primary N) is 1. The van der Waals surface area contributed by atoms with Crippen LogP contribution in [0.1, 0.15) is 43.0 Å². The maximum atomic E-state index is 8.92. The standard InChI is InChI=1S/C13H17N3/c1-2-3-9-4-5-12-10(6-9)7-11(8-14)13(15)16-12/h7,9H,2-6H2,1H3,(H2,15,16). The molecule has 0 fully saturated rings. The fraction of sp³-hybridized carbons (Fsp3) is 0.538. The predicted octanol–water partition coefficient (Wildman–Crippen LogP) is 2.44. The van der Waals surface area contributed by atoms with E-state index in [1.165, 1.54) is 24.8 Å². The van der Waals surface area contributed by atoms with Gasteiger partial charge in [-0.25, -0.2) is 4.98 Å². The molecule has 3 nitrogen and oxygen atoms in total. The summed E-state index contributed by atoms with van der Waals surface area (Å²) < 4.78 is 0. The number of anilines is 1. The van der Waals surface area contributed by atoms with E-state index in [2.05, 4.69) is 18.0 Å². The summed E-state index contributed by atoms with van der Waals surface area (Å²) in [4.78, 5) is 4.33. The number of nitrogens with zero attached hydrogens (tertiary/aromatic N) is 2. The molecular weight excluding hydrogens is 198 g/mol. The van der Waals surface area contributed by atoms with Gasteiger partial charge in [0.05, 0.1) is 5.56 Å². The monoisotopic (exact) mass is 215 g/mol. The molecule has 1 heterocycles. The summed E-state index contributed by atoms with van der Waals surface area (Å²) >= 11 is 0. The number of fused-ring (bicyclic) bond motifs is 1. The Morgan fingerprint density at radius 2 is 2.44 bits per heavy atom. The number of nitrogen functional groups attached to an aromatic ring is 1. The number of hydrogen-bond donors (Lipinski definition) is 1. The van der Waals surface area contributed by atoms with Crippen LogP contribution >= 0.6 is 0 Å². The molecule has 1 aromatic rings. The molecule has 2 N–H and O–H groups in total. The average molecular weight is 215 g/mol. The van der Waals surface area contributed by atoms with Gasteiger partial charge in [-0.2, -0.15) is 5.26 Å². The van der Waals surface area contributed by atoms with E-state index < -0.39 is 0 Å². The van der Waals surface area contributed by atoms with Gasteiger partial charge in [0.2, 0.25) is 0 Å². The zero-order chi connectivity index (χ0) is 11.5. The molecule has 0 amide bonds. The molecule has 0 saturated heterocycles. The van der Waals surface area contributed by atoms with Crippen LogP contribution in [0.25, 0.3) is 0 Å². The number of hydrogen-bond acceptors (Lipinski definition) is 3. The summed E-state index contributed by atoms with van der Waals surface area (Å²) in [5.41, 5.74) is 8.57. The first-order valence-electron chi connectivity index (χ1n) is 5.93. The van der Waals surface area contributed by atoms with Gasteiger partial charge >= 0.3 is 0 Å². The third kappa shape index (κ3) is 2.01. The summed E-state index contributed by atoms with van der Waals surface area (Å²) in [6, 6.07) is 4.03. The molecule has 0 aliphatic heterocycles. The van der Waals surface area contributed by atoms with Gasteiger partial charge in [-0.15, -0.1) is 0 Å². The minimum absolute atomic E-state index is 0.384. The van der Waals surface area contributed by atoms with E-state index in [-0.39, 0.29) is 0 Å². The van der Waals surface area contributed by atoms with Gasteiger partial charge < -0.3 is 5.73 Å². The van der Waals surface area contributed by atoms with E-state index in [1.807, 2.05) is 6.07 Å². The quantitative estimate of drug-likeness (QED) is 0.824. The van der Waals surface area contributed by atoms with Crippen molar-refractivity contribution in [1.29, 1.82) is 5.26 Å². The minimum Gasteiger partial charge on any atom is -0.383 e. The summed E-state index contributed by atoms with van der Waals surface area (Å²) in [5, 5.41) is 8.92. The second-order valence-corrected chi connectivity index (χ2v) is 4.54. The molecule has 0 aromatic carbocycles. The summed E-state index contributed by atoms with van der Waals surface area (Å²) in [7, 11) is 0. The van der Waals surface area contributed by atoms with Crippen molar-refractivity contribution >= 4 is 5.82 Å². The van der Waals surface area contributed by atoms with Crippen molar-refractivity contribution in [2.75, 3.05) is 5.73 Å². The van der Waals surface area contributed by atoms with Crippen molar-refractivity contribution in [3.05, 3.63) is 22.9 Å². The molecule has 84 valence electrons. The molecule has 1 aliphatic rings. The van der Waals surface area contributed by atoms with Crippen molar-refractivity contribution in [3.63, 3.8) is 0 Å². The smallest absolute Gasteiger partial charge is 0.141 e. The number of aromatic nitrogens is 1. The van der Waals surface area contributed by atoms with E-state index in [0.717, 1.165) is 24.5 Å². The lowest BCUT2D eigenvalue weighted by atomic mass is 9.83. The lowest BCUT2D eigenvalue weighted by molar-refractivity contribution is 0.418. The zero-order valence-electron chi connectivity index (χ0n) is 9.66. The highest BCUT2D eigenvalue weighted by Gasteiger charge is 2.20. The zero-order valence-corrected chi connectivity index (χ0v) is 9.66. The number of rotatable bonds is 2. The Morgan fingerprint density at radius 1 is 1.62 bits per heavy atom. The molecule has 1 aromatic heterocycles. The minimum atomic E-state index is 0.384. The first-order chi connectivity index (χ1) is 7.74. The highest BCUT2D eigenvalue weighted by molar-refractivity contribution is 5.51. The third-order valence-electron chi connectivity index (χ3n) is 3.34. The van der Waals surface area contributed by atoms with Crippen LogP contribution in [-0.2, 0) is 12.8 Å². The second-order valence-electron chi connectivity index (χ2n) is 4.54. The second kappa shape index (κ2) is 4.52. The molecule has 0 spiro atoms. The topological polar surface area (TPSA) is 62.7 Å². The van der Waals surface area contributed by atoms with Crippen molar-refractivity contribution < 1.29 is 0 Å². The third-order valence-corrected chi connectivity index (χ3v) is 3.34. The summed E-state index contributed by atoms with van der Waals surface area (Å²) in [6.07, 6.45) is 5.78. The number of nitriles is 1. The van der Waals surface area contributed by atoms with Crippen LogP contribution in [-0.4, -0.2) is 4.98 Å².